The molecule has 4 aromatic rings. The molecule has 0 saturated carbocycles. The fourth-order valence-corrected chi connectivity index (χ4v) is 6.26. The number of anilines is 1. The van der Waals surface area contributed by atoms with Gasteiger partial charge in [0.05, 0.1) is 24.0 Å². The molecule has 1 aliphatic rings. The number of nitrogens with zero attached hydrogens (tertiary/aromatic N) is 3. The highest BCUT2D eigenvalue weighted by Crippen LogP contribution is 2.36. The van der Waals surface area contributed by atoms with Crippen molar-refractivity contribution in [1.82, 2.24) is 9.55 Å². The number of carboxylic acid groups (broad SMARTS) is 1. The monoisotopic (exact) mass is 552 g/mol. The highest BCUT2D eigenvalue weighted by Gasteiger charge is 2.29. The van der Waals surface area contributed by atoms with Gasteiger partial charge in [-0.15, -0.1) is 11.3 Å². The molecule has 2 aromatic carbocycles. The van der Waals surface area contributed by atoms with Gasteiger partial charge in [-0.05, 0) is 60.6 Å². The van der Waals surface area contributed by atoms with Crippen LogP contribution in [0, 0.1) is 11.8 Å². The molecule has 3 heterocycles. The van der Waals surface area contributed by atoms with Gasteiger partial charge in [0, 0.05) is 29.1 Å². The Balaban J connectivity index is 1.39. The maximum absolute atomic E-state index is 13.4. The van der Waals surface area contributed by atoms with Crippen LogP contribution >= 0.6 is 22.9 Å². The van der Waals surface area contributed by atoms with E-state index in [2.05, 4.69) is 9.88 Å². The first-order valence-electron chi connectivity index (χ1n) is 12.4. The number of carboxylic acids is 1. The largest absolute Gasteiger partial charge is 0.495 e. The second-order valence-electron chi connectivity index (χ2n) is 9.79. The predicted molar refractivity (Wildman–Crippen MR) is 152 cm³/mol. The van der Waals surface area contributed by atoms with E-state index in [9.17, 15) is 14.7 Å². The van der Waals surface area contributed by atoms with E-state index in [-0.39, 0.29) is 11.5 Å². The number of methoxy groups -OCH3 is 1. The summed E-state index contributed by atoms with van der Waals surface area (Å²) in [5, 5.41) is 9.86. The van der Waals surface area contributed by atoms with Gasteiger partial charge in [0.15, 0.2) is 0 Å². The predicted octanol–water partition coefficient (Wildman–Crippen LogP) is 5.04. The summed E-state index contributed by atoms with van der Waals surface area (Å²) < 4.78 is 7.84. The summed E-state index contributed by atoms with van der Waals surface area (Å²) in [6.45, 7) is 3.53. The van der Waals surface area contributed by atoms with Gasteiger partial charge in [-0.3, -0.25) is 14.2 Å². The first kappa shape index (κ1) is 26.2. The van der Waals surface area contributed by atoms with Crippen LogP contribution < -0.4 is 20.9 Å². The molecular formula is C28H29ClN4O4S. The van der Waals surface area contributed by atoms with Crippen LogP contribution in [-0.4, -0.2) is 46.9 Å². The summed E-state index contributed by atoms with van der Waals surface area (Å²) in [4.78, 5) is 32.4. The molecule has 0 aliphatic carbocycles. The molecule has 38 heavy (non-hydrogen) atoms. The van der Waals surface area contributed by atoms with Gasteiger partial charge in [-0.2, -0.15) is 0 Å². The number of ether oxygens (including phenoxy) is 1. The Morgan fingerprint density at radius 3 is 2.74 bits per heavy atom. The molecular weight excluding hydrogens is 524 g/mol. The lowest BCUT2D eigenvalue weighted by Gasteiger charge is -2.23. The maximum atomic E-state index is 13.4. The van der Waals surface area contributed by atoms with Crippen LogP contribution in [0.3, 0.4) is 0 Å². The number of nitrogens with two attached hydrogens (primary N) is 1. The fourth-order valence-electron chi connectivity index (χ4n) is 5.09. The van der Waals surface area contributed by atoms with Crippen molar-refractivity contribution >= 4 is 44.8 Å². The quantitative estimate of drug-likeness (QED) is 0.315. The topological polar surface area (TPSA) is 111 Å². The van der Waals surface area contributed by atoms with E-state index in [0.717, 1.165) is 42.1 Å². The highest BCUT2D eigenvalue weighted by molar-refractivity contribution is 7.22. The van der Waals surface area contributed by atoms with Crippen molar-refractivity contribution in [2.24, 2.45) is 17.6 Å². The molecule has 0 amide bonds. The maximum Gasteiger partial charge on any atom is 0.320 e. The van der Waals surface area contributed by atoms with Gasteiger partial charge in [0.1, 0.15) is 22.8 Å². The normalized spacial score (nSPS) is 17.1. The minimum atomic E-state index is -0.962. The van der Waals surface area contributed by atoms with Gasteiger partial charge in [0.2, 0.25) is 0 Å². The van der Waals surface area contributed by atoms with Gasteiger partial charge >= 0.3 is 5.97 Å². The second kappa shape index (κ2) is 10.8. The Hall–Kier alpha value is -3.40. The fraction of sp³-hybridized carbons (Fsp3) is 0.321. The number of aliphatic carboxylic acids is 1. The molecule has 0 bridgehead atoms. The number of aromatic nitrogens is 2. The molecule has 3 atom stereocenters. The van der Waals surface area contributed by atoms with E-state index in [1.54, 1.807) is 18.0 Å². The molecule has 10 heteroatoms. The van der Waals surface area contributed by atoms with Crippen LogP contribution in [0.25, 0.3) is 26.3 Å². The lowest BCUT2D eigenvalue weighted by atomic mass is 9.90. The Bertz CT molecular complexity index is 1530. The zero-order valence-corrected chi connectivity index (χ0v) is 22.7. The Morgan fingerprint density at radius 2 is 2.03 bits per heavy atom. The molecule has 198 valence electrons. The van der Waals surface area contributed by atoms with Gasteiger partial charge in [-0.25, -0.2) is 4.98 Å². The zero-order valence-electron chi connectivity index (χ0n) is 21.1. The number of rotatable bonds is 8. The standard InChI is InChI=1S/C28H29ClN4O4S/c1-16(25(30)28(35)36)11-17-9-10-32(14-17)22-8-7-20(12-23(22)37-2)33-15-31-21-13-24(38-26(21)27(33)34)18-3-5-19(29)6-4-18/h3-8,12-13,15-17,25H,9-11,14,30H2,1-2H3,(H,35,36)/t16?,17?,25-/m0/s1. The minimum Gasteiger partial charge on any atom is -0.495 e. The molecule has 1 fully saturated rings. The van der Waals surface area contributed by atoms with Gasteiger partial charge in [-0.1, -0.05) is 30.7 Å². The lowest BCUT2D eigenvalue weighted by molar-refractivity contribution is -0.139. The third-order valence-corrected chi connectivity index (χ3v) is 8.65. The van der Waals surface area contributed by atoms with Crippen molar-refractivity contribution in [3.8, 4) is 21.9 Å². The van der Waals surface area contributed by atoms with Crippen molar-refractivity contribution in [1.29, 1.82) is 0 Å². The average molecular weight is 553 g/mol. The SMILES string of the molecule is COc1cc(-n2cnc3cc(-c4ccc(Cl)cc4)sc3c2=O)ccc1N1CCC(CC(C)[C@H](N)C(=O)O)C1. The van der Waals surface area contributed by atoms with Crippen molar-refractivity contribution in [2.75, 3.05) is 25.1 Å². The Kier molecular flexibility index (Phi) is 7.43. The van der Waals surface area contributed by atoms with Crippen molar-refractivity contribution in [2.45, 2.75) is 25.8 Å². The molecule has 0 spiro atoms. The van der Waals surface area contributed by atoms with Crippen LogP contribution in [0.1, 0.15) is 19.8 Å². The number of benzene rings is 2. The first-order valence-corrected chi connectivity index (χ1v) is 13.6. The van der Waals surface area contributed by atoms with Gasteiger partial charge < -0.3 is 20.5 Å². The summed E-state index contributed by atoms with van der Waals surface area (Å²) >= 11 is 7.43. The summed E-state index contributed by atoms with van der Waals surface area (Å²) in [6, 6.07) is 14.3. The summed E-state index contributed by atoms with van der Waals surface area (Å²) in [5.74, 6) is -0.0501. The van der Waals surface area contributed by atoms with E-state index in [1.165, 1.54) is 11.3 Å². The zero-order chi connectivity index (χ0) is 27.0. The number of fused-ring (bicyclic) bond motifs is 1. The smallest absolute Gasteiger partial charge is 0.320 e. The van der Waals surface area contributed by atoms with Crippen LogP contribution in [0.2, 0.25) is 5.02 Å². The Morgan fingerprint density at radius 1 is 1.26 bits per heavy atom. The molecule has 8 nitrogen and oxygen atoms in total. The van der Waals surface area contributed by atoms with Crippen molar-refractivity contribution < 1.29 is 14.6 Å². The molecule has 3 N–H and O–H groups in total. The number of carbonyl (C=O) groups is 1. The lowest BCUT2D eigenvalue weighted by Crippen LogP contribution is -2.37. The summed E-state index contributed by atoms with van der Waals surface area (Å²) in [6.07, 6.45) is 3.26. The third-order valence-electron chi connectivity index (χ3n) is 7.24. The molecule has 0 radical (unpaired) electrons. The van der Waals surface area contributed by atoms with Crippen molar-refractivity contribution in [3.05, 3.63) is 70.2 Å². The van der Waals surface area contributed by atoms with Gasteiger partial charge in [0.25, 0.3) is 5.56 Å². The van der Waals surface area contributed by atoms with E-state index >= 15 is 0 Å². The summed E-state index contributed by atoms with van der Waals surface area (Å²) in [5.41, 5.74) is 8.93. The van der Waals surface area contributed by atoms with Crippen LogP contribution in [0.4, 0.5) is 5.69 Å². The average Bonchev–Trinajstić information content (AvgIpc) is 3.56. The molecule has 2 aromatic heterocycles. The van der Waals surface area contributed by atoms with Crippen LogP contribution in [-0.2, 0) is 4.79 Å². The van der Waals surface area contributed by atoms with Crippen molar-refractivity contribution in [3.63, 3.8) is 0 Å². The molecule has 5 rings (SSSR count). The van der Waals surface area contributed by atoms with E-state index in [0.29, 0.717) is 32.6 Å². The highest BCUT2D eigenvalue weighted by atomic mass is 35.5. The number of hydrogen-bond acceptors (Lipinski definition) is 7. The third kappa shape index (κ3) is 5.14. The van der Waals surface area contributed by atoms with Crippen LogP contribution in [0.15, 0.2) is 59.7 Å². The molecule has 1 aliphatic heterocycles. The number of halogens is 1. The van der Waals surface area contributed by atoms with E-state index < -0.39 is 12.0 Å². The number of thiophene rings is 1. The van der Waals surface area contributed by atoms with E-state index in [1.807, 2.05) is 55.5 Å². The second-order valence-corrected chi connectivity index (χ2v) is 11.3. The first-order chi connectivity index (χ1) is 18.2. The molecule has 1 saturated heterocycles. The number of hydrogen-bond donors (Lipinski definition) is 2. The van der Waals surface area contributed by atoms with E-state index in [4.69, 9.17) is 22.1 Å². The minimum absolute atomic E-state index is 0.103. The Labute approximate surface area is 229 Å². The molecule has 2 unspecified atom stereocenters. The summed E-state index contributed by atoms with van der Waals surface area (Å²) in [7, 11) is 1.62. The van der Waals surface area contributed by atoms with Crippen LogP contribution in [0.5, 0.6) is 5.75 Å².